The number of rotatable bonds is 3. The van der Waals surface area contributed by atoms with E-state index in [1.807, 2.05) is 6.07 Å². The Balaban J connectivity index is 2.48. The van der Waals surface area contributed by atoms with Crippen molar-refractivity contribution < 1.29 is 0 Å². The van der Waals surface area contributed by atoms with Crippen LogP contribution in [0.3, 0.4) is 0 Å². The minimum absolute atomic E-state index is 0.897. The molecule has 2 rings (SSSR count). The molecular weight excluding hydrogens is 328 g/mol. The standard InChI is InChI=1S/C14H12Br2/c15-9-11-6-12(10-16)8-14(7-11)13-4-2-1-3-5-13/h1-8H,9-10H2. The predicted octanol–water partition coefficient (Wildman–Crippen LogP) is 5.14. The Morgan fingerprint density at radius 3 is 1.75 bits per heavy atom. The third kappa shape index (κ3) is 2.74. The molecule has 16 heavy (non-hydrogen) atoms. The molecule has 0 aliphatic rings. The Kier molecular flexibility index (Phi) is 4.19. The zero-order valence-corrected chi connectivity index (χ0v) is 12.0. The maximum absolute atomic E-state index is 3.51. The van der Waals surface area contributed by atoms with Crippen molar-refractivity contribution in [3.63, 3.8) is 0 Å². The summed E-state index contributed by atoms with van der Waals surface area (Å²) in [5, 5.41) is 1.79. The molecule has 0 heterocycles. The summed E-state index contributed by atoms with van der Waals surface area (Å²) in [6, 6.07) is 17.2. The van der Waals surface area contributed by atoms with Crippen molar-refractivity contribution in [1.29, 1.82) is 0 Å². The van der Waals surface area contributed by atoms with Gasteiger partial charge in [0.1, 0.15) is 0 Å². The lowest BCUT2D eigenvalue weighted by Gasteiger charge is -2.07. The van der Waals surface area contributed by atoms with Crippen LogP contribution in [0.1, 0.15) is 11.1 Å². The smallest absolute Gasteiger partial charge is 0.0283 e. The van der Waals surface area contributed by atoms with E-state index >= 15 is 0 Å². The average molecular weight is 340 g/mol. The summed E-state index contributed by atoms with van der Waals surface area (Å²) in [6.07, 6.45) is 0. The molecule has 0 aliphatic carbocycles. The van der Waals surface area contributed by atoms with E-state index in [1.54, 1.807) is 0 Å². The molecule has 0 bridgehead atoms. The van der Waals surface area contributed by atoms with Crippen molar-refractivity contribution in [3.8, 4) is 11.1 Å². The van der Waals surface area contributed by atoms with Crippen LogP contribution in [-0.2, 0) is 10.7 Å². The van der Waals surface area contributed by atoms with Crippen LogP contribution in [0.15, 0.2) is 48.5 Å². The highest BCUT2D eigenvalue weighted by Crippen LogP contribution is 2.24. The van der Waals surface area contributed by atoms with Gasteiger partial charge in [-0.15, -0.1) is 0 Å². The van der Waals surface area contributed by atoms with E-state index in [4.69, 9.17) is 0 Å². The van der Waals surface area contributed by atoms with Crippen molar-refractivity contribution >= 4 is 31.9 Å². The second kappa shape index (κ2) is 5.65. The fourth-order valence-corrected chi connectivity index (χ4v) is 2.36. The molecule has 0 radical (unpaired) electrons. The minimum Gasteiger partial charge on any atom is -0.0876 e. The van der Waals surface area contributed by atoms with Gasteiger partial charge in [-0.05, 0) is 22.3 Å². The molecule has 0 nitrogen and oxygen atoms in total. The summed E-state index contributed by atoms with van der Waals surface area (Å²) in [7, 11) is 0. The van der Waals surface area contributed by atoms with Crippen LogP contribution < -0.4 is 0 Å². The van der Waals surface area contributed by atoms with Gasteiger partial charge < -0.3 is 0 Å². The van der Waals surface area contributed by atoms with Crippen LogP contribution in [0.2, 0.25) is 0 Å². The van der Waals surface area contributed by atoms with E-state index in [1.165, 1.54) is 22.3 Å². The summed E-state index contributed by atoms with van der Waals surface area (Å²) >= 11 is 7.02. The Hall–Kier alpha value is -0.600. The highest BCUT2D eigenvalue weighted by molar-refractivity contribution is 9.08. The van der Waals surface area contributed by atoms with Crippen LogP contribution in [0.5, 0.6) is 0 Å². The van der Waals surface area contributed by atoms with Crippen molar-refractivity contribution in [1.82, 2.24) is 0 Å². The number of hydrogen-bond acceptors (Lipinski definition) is 0. The van der Waals surface area contributed by atoms with Gasteiger partial charge in [0.2, 0.25) is 0 Å². The first-order valence-electron chi connectivity index (χ1n) is 5.13. The summed E-state index contributed by atoms with van der Waals surface area (Å²) in [5.74, 6) is 0. The molecule has 2 aromatic carbocycles. The van der Waals surface area contributed by atoms with Crippen LogP contribution in [0, 0.1) is 0 Å². The maximum Gasteiger partial charge on any atom is 0.0283 e. The number of hydrogen-bond donors (Lipinski definition) is 0. The number of benzene rings is 2. The van der Waals surface area contributed by atoms with Crippen LogP contribution in [0.4, 0.5) is 0 Å². The zero-order chi connectivity index (χ0) is 11.4. The van der Waals surface area contributed by atoms with E-state index in [9.17, 15) is 0 Å². The molecule has 0 aliphatic heterocycles. The van der Waals surface area contributed by atoms with Gasteiger partial charge in [-0.25, -0.2) is 0 Å². The molecule has 0 fully saturated rings. The van der Waals surface area contributed by atoms with E-state index in [0.29, 0.717) is 0 Å². The summed E-state index contributed by atoms with van der Waals surface area (Å²) in [5.41, 5.74) is 5.19. The maximum atomic E-state index is 3.51. The third-order valence-corrected chi connectivity index (χ3v) is 3.76. The van der Waals surface area contributed by atoms with E-state index in [2.05, 4.69) is 74.3 Å². The van der Waals surface area contributed by atoms with E-state index in [0.717, 1.165) is 10.7 Å². The molecule has 0 N–H and O–H groups in total. The molecule has 0 aromatic heterocycles. The molecule has 0 amide bonds. The fraction of sp³-hybridized carbons (Fsp3) is 0.143. The summed E-state index contributed by atoms with van der Waals surface area (Å²) < 4.78 is 0. The first-order valence-corrected chi connectivity index (χ1v) is 7.38. The molecule has 0 unspecified atom stereocenters. The molecule has 0 saturated heterocycles. The van der Waals surface area contributed by atoms with Gasteiger partial charge in [0, 0.05) is 10.7 Å². The zero-order valence-electron chi connectivity index (χ0n) is 8.79. The quantitative estimate of drug-likeness (QED) is 0.679. The SMILES string of the molecule is BrCc1cc(CBr)cc(-c2ccccc2)c1. The summed E-state index contributed by atoms with van der Waals surface area (Å²) in [6.45, 7) is 0. The average Bonchev–Trinajstić information content (AvgIpc) is 2.39. The predicted molar refractivity (Wildman–Crippen MR) is 77.1 cm³/mol. The minimum atomic E-state index is 0.897. The lowest BCUT2D eigenvalue weighted by atomic mass is 10.0. The number of alkyl halides is 2. The Morgan fingerprint density at radius 1 is 0.688 bits per heavy atom. The van der Waals surface area contributed by atoms with Gasteiger partial charge in [-0.3, -0.25) is 0 Å². The molecule has 2 heteroatoms. The van der Waals surface area contributed by atoms with Crippen LogP contribution >= 0.6 is 31.9 Å². The largest absolute Gasteiger partial charge is 0.0876 e. The monoisotopic (exact) mass is 338 g/mol. The van der Waals surface area contributed by atoms with Gasteiger partial charge in [0.25, 0.3) is 0 Å². The van der Waals surface area contributed by atoms with Crippen molar-refractivity contribution in [3.05, 3.63) is 59.7 Å². The first kappa shape index (κ1) is 11.9. The normalized spacial score (nSPS) is 10.4. The first-order chi connectivity index (χ1) is 7.83. The second-order valence-electron chi connectivity index (χ2n) is 3.67. The fourth-order valence-electron chi connectivity index (χ4n) is 1.71. The van der Waals surface area contributed by atoms with Crippen LogP contribution in [-0.4, -0.2) is 0 Å². The Bertz CT molecular complexity index is 441. The Labute approximate surface area is 113 Å². The molecule has 0 saturated carbocycles. The van der Waals surface area contributed by atoms with Crippen molar-refractivity contribution in [2.75, 3.05) is 0 Å². The molecule has 82 valence electrons. The number of halogens is 2. The van der Waals surface area contributed by atoms with E-state index in [-0.39, 0.29) is 0 Å². The van der Waals surface area contributed by atoms with Gasteiger partial charge in [-0.2, -0.15) is 0 Å². The van der Waals surface area contributed by atoms with Gasteiger partial charge in [-0.1, -0.05) is 80.4 Å². The van der Waals surface area contributed by atoms with Crippen LogP contribution in [0.25, 0.3) is 11.1 Å². The van der Waals surface area contributed by atoms with Gasteiger partial charge in [0.15, 0.2) is 0 Å². The van der Waals surface area contributed by atoms with Gasteiger partial charge in [0.05, 0.1) is 0 Å². The molecule has 0 spiro atoms. The second-order valence-corrected chi connectivity index (χ2v) is 4.79. The lowest BCUT2D eigenvalue weighted by molar-refractivity contribution is 1.35. The highest BCUT2D eigenvalue weighted by atomic mass is 79.9. The topological polar surface area (TPSA) is 0 Å². The summed E-state index contributed by atoms with van der Waals surface area (Å²) in [4.78, 5) is 0. The lowest BCUT2D eigenvalue weighted by Crippen LogP contribution is -1.86. The van der Waals surface area contributed by atoms with Gasteiger partial charge >= 0.3 is 0 Å². The molecule has 0 atom stereocenters. The Morgan fingerprint density at radius 2 is 1.25 bits per heavy atom. The third-order valence-electron chi connectivity index (χ3n) is 2.47. The van der Waals surface area contributed by atoms with E-state index < -0.39 is 0 Å². The molecular formula is C14H12Br2. The van der Waals surface area contributed by atoms with Crippen molar-refractivity contribution in [2.45, 2.75) is 10.7 Å². The molecule has 2 aromatic rings. The highest BCUT2D eigenvalue weighted by Gasteiger charge is 2.01. The van der Waals surface area contributed by atoms with Crippen molar-refractivity contribution in [2.24, 2.45) is 0 Å².